The Labute approximate surface area is 116 Å². The lowest BCUT2D eigenvalue weighted by atomic mass is 10.2. The largest absolute Gasteiger partial charge is 0.151 e. The lowest BCUT2D eigenvalue weighted by Crippen LogP contribution is -1.76. The maximum atomic E-state index is 5.77. The average molecular weight is 279 g/mol. The van der Waals surface area contributed by atoms with Crippen molar-refractivity contribution in [2.45, 2.75) is 11.8 Å². The Kier molecular flexibility index (Phi) is 4.73. The summed E-state index contributed by atoms with van der Waals surface area (Å²) in [6, 6.07) is 15.4. The van der Waals surface area contributed by atoms with E-state index in [1.165, 1.54) is 0 Å². The lowest BCUT2D eigenvalue weighted by molar-refractivity contribution is 1.21. The molecule has 0 aliphatic heterocycles. The molecule has 2 aromatic rings. The Bertz CT molecular complexity index is 503. The lowest BCUT2D eigenvalue weighted by Gasteiger charge is -1.98. The van der Waals surface area contributed by atoms with Crippen molar-refractivity contribution < 1.29 is 0 Å². The first-order valence-electron chi connectivity index (χ1n) is 5.53. The van der Waals surface area contributed by atoms with Crippen molar-refractivity contribution in [3.63, 3.8) is 0 Å². The molecular formula is C14H12Cl2N2. The van der Waals surface area contributed by atoms with Gasteiger partial charge >= 0.3 is 0 Å². The van der Waals surface area contributed by atoms with Crippen LogP contribution >= 0.6 is 23.2 Å². The quantitative estimate of drug-likeness (QED) is 0.515. The van der Waals surface area contributed by atoms with Crippen molar-refractivity contribution in [3.8, 4) is 0 Å². The molecule has 18 heavy (non-hydrogen) atoms. The third-order valence-corrected chi connectivity index (χ3v) is 3.03. The van der Waals surface area contributed by atoms with Crippen LogP contribution in [-0.4, -0.2) is 0 Å². The van der Waals surface area contributed by atoms with E-state index in [0.717, 1.165) is 22.5 Å². The number of benzene rings is 2. The van der Waals surface area contributed by atoms with Gasteiger partial charge in [-0.3, -0.25) is 0 Å². The minimum absolute atomic E-state index is 0.477. The Morgan fingerprint density at radius 1 is 0.722 bits per heavy atom. The molecule has 0 atom stereocenters. The second-order valence-electron chi connectivity index (χ2n) is 3.81. The van der Waals surface area contributed by atoms with Crippen LogP contribution in [0.2, 0.25) is 0 Å². The fraction of sp³-hybridized carbons (Fsp3) is 0.143. The van der Waals surface area contributed by atoms with Gasteiger partial charge in [0.2, 0.25) is 0 Å². The summed E-state index contributed by atoms with van der Waals surface area (Å²) >= 11 is 11.5. The fourth-order valence-corrected chi connectivity index (χ4v) is 1.85. The van der Waals surface area contributed by atoms with Gasteiger partial charge in [-0.05, 0) is 35.4 Å². The molecule has 0 fully saturated rings. The molecule has 2 aromatic carbocycles. The van der Waals surface area contributed by atoms with E-state index >= 15 is 0 Å². The van der Waals surface area contributed by atoms with Crippen molar-refractivity contribution in [1.82, 2.24) is 0 Å². The number of azo groups is 1. The van der Waals surface area contributed by atoms with Gasteiger partial charge in [0.1, 0.15) is 0 Å². The van der Waals surface area contributed by atoms with Gasteiger partial charge in [-0.25, -0.2) is 0 Å². The third kappa shape index (κ3) is 3.56. The van der Waals surface area contributed by atoms with Crippen LogP contribution in [0.5, 0.6) is 0 Å². The molecule has 0 heterocycles. The second-order valence-corrected chi connectivity index (χ2v) is 4.34. The molecule has 0 aromatic heterocycles. The fourth-order valence-electron chi connectivity index (χ4n) is 1.52. The standard InChI is InChI=1S/C14H12Cl2N2/c15-9-11-3-1-5-13(7-11)17-18-14-6-2-4-12(8-14)10-16/h1-8H,9-10H2. The van der Waals surface area contributed by atoms with Gasteiger partial charge in [0.05, 0.1) is 11.4 Å². The van der Waals surface area contributed by atoms with Crippen LogP contribution in [0.3, 0.4) is 0 Å². The molecule has 4 heteroatoms. The summed E-state index contributed by atoms with van der Waals surface area (Å²) < 4.78 is 0. The molecular weight excluding hydrogens is 267 g/mol. The molecule has 0 N–H and O–H groups in total. The Balaban J connectivity index is 2.18. The molecule has 2 nitrogen and oxygen atoms in total. The second kappa shape index (κ2) is 6.53. The van der Waals surface area contributed by atoms with Crippen molar-refractivity contribution in [3.05, 3.63) is 59.7 Å². The van der Waals surface area contributed by atoms with E-state index < -0.39 is 0 Å². The minimum Gasteiger partial charge on any atom is -0.151 e. The highest BCUT2D eigenvalue weighted by Crippen LogP contribution is 2.21. The number of alkyl halides is 2. The van der Waals surface area contributed by atoms with Crippen LogP contribution in [0.4, 0.5) is 11.4 Å². The highest BCUT2D eigenvalue weighted by molar-refractivity contribution is 6.17. The SMILES string of the molecule is ClCc1cccc(N=Nc2cccc(CCl)c2)c1. The van der Waals surface area contributed by atoms with Crippen molar-refractivity contribution in [1.29, 1.82) is 0 Å². The molecule has 0 amide bonds. The minimum atomic E-state index is 0.477. The summed E-state index contributed by atoms with van der Waals surface area (Å²) in [6.45, 7) is 0. The molecule has 0 spiro atoms. The van der Waals surface area contributed by atoms with Crippen LogP contribution in [0, 0.1) is 0 Å². The molecule has 92 valence electrons. The Morgan fingerprint density at radius 3 is 1.56 bits per heavy atom. The van der Waals surface area contributed by atoms with Gasteiger partial charge in [-0.2, -0.15) is 10.2 Å². The maximum absolute atomic E-state index is 5.77. The number of rotatable bonds is 4. The predicted molar refractivity (Wildman–Crippen MR) is 76.2 cm³/mol. The van der Waals surface area contributed by atoms with Crippen LogP contribution < -0.4 is 0 Å². The normalized spacial score (nSPS) is 11.0. The van der Waals surface area contributed by atoms with Gasteiger partial charge in [0.25, 0.3) is 0 Å². The highest BCUT2D eigenvalue weighted by atomic mass is 35.5. The average Bonchev–Trinajstić information content (AvgIpc) is 2.45. The molecule has 0 bridgehead atoms. The van der Waals surface area contributed by atoms with Crippen LogP contribution in [-0.2, 0) is 11.8 Å². The predicted octanol–water partition coefficient (Wildman–Crippen LogP) is 5.58. The van der Waals surface area contributed by atoms with E-state index in [1.807, 2.05) is 48.5 Å². The molecule has 0 saturated heterocycles. The van der Waals surface area contributed by atoms with E-state index in [4.69, 9.17) is 23.2 Å². The molecule has 2 rings (SSSR count). The Morgan fingerprint density at radius 2 is 1.17 bits per heavy atom. The first-order valence-corrected chi connectivity index (χ1v) is 6.60. The van der Waals surface area contributed by atoms with Crippen molar-refractivity contribution in [2.24, 2.45) is 10.2 Å². The van der Waals surface area contributed by atoms with E-state index in [0.29, 0.717) is 11.8 Å². The maximum Gasteiger partial charge on any atom is 0.0860 e. The van der Waals surface area contributed by atoms with E-state index in [1.54, 1.807) is 0 Å². The number of hydrogen-bond acceptors (Lipinski definition) is 2. The molecule has 0 radical (unpaired) electrons. The zero-order valence-electron chi connectivity index (χ0n) is 9.68. The van der Waals surface area contributed by atoms with Crippen LogP contribution in [0.25, 0.3) is 0 Å². The molecule has 0 aliphatic rings. The van der Waals surface area contributed by atoms with Gasteiger partial charge < -0.3 is 0 Å². The summed E-state index contributed by atoms with van der Waals surface area (Å²) in [7, 11) is 0. The number of hydrogen-bond donors (Lipinski definition) is 0. The van der Waals surface area contributed by atoms with Gasteiger partial charge in [-0.15, -0.1) is 23.2 Å². The first-order chi connectivity index (χ1) is 8.81. The van der Waals surface area contributed by atoms with E-state index in [2.05, 4.69) is 10.2 Å². The zero-order valence-corrected chi connectivity index (χ0v) is 11.2. The van der Waals surface area contributed by atoms with Crippen molar-refractivity contribution in [2.75, 3.05) is 0 Å². The summed E-state index contributed by atoms with van der Waals surface area (Å²) in [5.41, 5.74) is 3.65. The smallest absolute Gasteiger partial charge is 0.0860 e. The summed E-state index contributed by atoms with van der Waals surface area (Å²) in [4.78, 5) is 0. The van der Waals surface area contributed by atoms with E-state index in [-0.39, 0.29) is 0 Å². The highest BCUT2D eigenvalue weighted by Gasteiger charge is 1.95. The topological polar surface area (TPSA) is 24.7 Å². The van der Waals surface area contributed by atoms with Gasteiger partial charge in [0, 0.05) is 11.8 Å². The molecule has 0 aliphatic carbocycles. The van der Waals surface area contributed by atoms with E-state index in [9.17, 15) is 0 Å². The van der Waals surface area contributed by atoms with Gasteiger partial charge in [-0.1, -0.05) is 24.3 Å². The monoisotopic (exact) mass is 278 g/mol. The number of nitrogens with zero attached hydrogens (tertiary/aromatic N) is 2. The molecule has 0 saturated carbocycles. The summed E-state index contributed by atoms with van der Waals surface area (Å²) in [5, 5.41) is 8.37. The molecule has 0 unspecified atom stereocenters. The van der Waals surface area contributed by atoms with Gasteiger partial charge in [0.15, 0.2) is 0 Å². The van der Waals surface area contributed by atoms with Crippen LogP contribution in [0.1, 0.15) is 11.1 Å². The number of halogens is 2. The zero-order chi connectivity index (χ0) is 12.8. The Hall–Kier alpha value is -1.38. The summed E-state index contributed by atoms with van der Waals surface area (Å²) in [5.74, 6) is 0.955. The summed E-state index contributed by atoms with van der Waals surface area (Å²) in [6.07, 6.45) is 0. The van der Waals surface area contributed by atoms with Crippen LogP contribution in [0.15, 0.2) is 58.8 Å². The third-order valence-electron chi connectivity index (χ3n) is 2.41. The first kappa shape index (κ1) is 13.1. The van der Waals surface area contributed by atoms with Crippen molar-refractivity contribution >= 4 is 34.6 Å².